The molecule has 0 radical (unpaired) electrons. The van der Waals surface area contributed by atoms with E-state index in [4.69, 9.17) is 0 Å². The highest BCUT2D eigenvalue weighted by Crippen LogP contribution is 2.28. The van der Waals surface area contributed by atoms with Crippen LogP contribution >= 0.6 is 0 Å². The fourth-order valence-corrected chi connectivity index (χ4v) is 5.76. The van der Waals surface area contributed by atoms with E-state index in [0.29, 0.717) is 17.8 Å². The topological polar surface area (TPSA) is 95.6 Å². The molecule has 200 valence electrons. The van der Waals surface area contributed by atoms with E-state index in [2.05, 4.69) is 10.6 Å². The fraction of sp³-hybridized carbons (Fsp3) is 0.161. The van der Waals surface area contributed by atoms with Crippen molar-refractivity contribution in [2.75, 3.05) is 16.2 Å². The largest absolute Gasteiger partial charge is 0.345 e. The summed E-state index contributed by atoms with van der Waals surface area (Å²) in [6.45, 7) is 3.34. The summed E-state index contributed by atoms with van der Waals surface area (Å²) < 4.78 is 28.5. The summed E-state index contributed by atoms with van der Waals surface area (Å²) in [6, 6.07) is 31.1. The molecule has 0 aliphatic carbocycles. The number of aryl methyl sites for hydroxylation is 1. The van der Waals surface area contributed by atoms with E-state index in [0.717, 1.165) is 15.4 Å². The van der Waals surface area contributed by atoms with Crippen LogP contribution in [-0.4, -0.2) is 26.8 Å². The summed E-state index contributed by atoms with van der Waals surface area (Å²) >= 11 is 0. The molecule has 0 spiro atoms. The molecule has 4 rings (SSSR count). The van der Waals surface area contributed by atoms with Gasteiger partial charge in [-0.3, -0.25) is 13.9 Å². The Morgan fingerprint density at radius 2 is 1.38 bits per heavy atom. The molecule has 0 aromatic heterocycles. The summed E-state index contributed by atoms with van der Waals surface area (Å²) in [6.07, 6.45) is 0.585. The van der Waals surface area contributed by atoms with Crippen molar-refractivity contribution < 1.29 is 18.0 Å². The van der Waals surface area contributed by atoms with E-state index in [9.17, 15) is 18.0 Å². The molecule has 4 aromatic carbocycles. The van der Waals surface area contributed by atoms with Crippen LogP contribution in [0.15, 0.2) is 114 Å². The number of nitrogens with zero attached hydrogens (tertiary/aromatic N) is 1. The van der Waals surface area contributed by atoms with Gasteiger partial charge in [0, 0.05) is 0 Å². The molecule has 0 saturated carbocycles. The Morgan fingerprint density at radius 3 is 2.08 bits per heavy atom. The van der Waals surface area contributed by atoms with E-state index < -0.39 is 22.5 Å². The molecule has 7 nitrogen and oxygen atoms in total. The third-order valence-corrected chi connectivity index (χ3v) is 8.13. The summed E-state index contributed by atoms with van der Waals surface area (Å²) in [5.74, 6) is -0.927. The molecule has 0 heterocycles. The molecule has 2 amide bonds. The lowest BCUT2D eigenvalue weighted by Gasteiger charge is -2.26. The minimum Gasteiger partial charge on any atom is -0.345 e. The van der Waals surface area contributed by atoms with Gasteiger partial charge in [0.05, 0.1) is 27.9 Å². The van der Waals surface area contributed by atoms with Crippen LogP contribution in [0.3, 0.4) is 0 Å². The first-order valence-electron chi connectivity index (χ1n) is 12.7. The zero-order valence-corrected chi connectivity index (χ0v) is 22.7. The first-order valence-corrected chi connectivity index (χ1v) is 14.2. The number of sulfonamides is 1. The van der Waals surface area contributed by atoms with E-state index in [1.165, 1.54) is 12.1 Å². The van der Waals surface area contributed by atoms with Gasteiger partial charge in [-0.1, -0.05) is 85.8 Å². The summed E-state index contributed by atoms with van der Waals surface area (Å²) in [5.41, 5.74) is 2.74. The predicted molar refractivity (Wildman–Crippen MR) is 154 cm³/mol. The monoisotopic (exact) mass is 541 g/mol. The number of rotatable bonds is 10. The zero-order chi connectivity index (χ0) is 27.8. The van der Waals surface area contributed by atoms with Crippen LogP contribution < -0.4 is 14.9 Å². The Hall–Kier alpha value is -4.43. The summed E-state index contributed by atoms with van der Waals surface area (Å²) in [5, 5.41) is 5.72. The van der Waals surface area contributed by atoms with Crippen LogP contribution in [0.5, 0.6) is 0 Å². The number of anilines is 2. The molecule has 0 bridgehead atoms. The molecule has 39 heavy (non-hydrogen) atoms. The van der Waals surface area contributed by atoms with Crippen LogP contribution in [0.1, 0.15) is 41.4 Å². The standard InChI is InChI=1S/C31H31N3O4S/c1-3-24-14-10-13-21-29(24)34(39(37,38)26-17-8-5-9-18-26)22-30(35)33-28-20-12-11-19-27(28)31(36)32-23(2)25-15-6-4-7-16-25/h4-21,23H,3,22H2,1-2H3,(H,32,36)(H,33,35)/t23-/m0/s1. The van der Waals surface area contributed by atoms with Crippen LogP contribution in [0, 0.1) is 0 Å². The lowest BCUT2D eigenvalue weighted by molar-refractivity contribution is -0.114. The maximum absolute atomic E-state index is 13.7. The Morgan fingerprint density at radius 1 is 0.795 bits per heavy atom. The van der Waals surface area contributed by atoms with Crippen molar-refractivity contribution in [2.24, 2.45) is 0 Å². The molecule has 0 fully saturated rings. The van der Waals surface area contributed by atoms with Gasteiger partial charge in [-0.15, -0.1) is 0 Å². The van der Waals surface area contributed by atoms with E-state index in [1.807, 2.05) is 56.3 Å². The highest BCUT2D eigenvalue weighted by Gasteiger charge is 2.29. The fourth-order valence-electron chi connectivity index (χ4n) is 4.28. The number of hydrogen-bond acceptors (Lipinski definition) is 4. The zero-order valence-electron chi connectivity index (χ0n) is 21.9. The predicted octanol–water partition coefficient (Wildman–Crippen LogP) is 5.57. The molecular weight excluding hydrogens is 510 g/mol. The van der Waals surface area contributed by atoms with E-state index >= 15 is 0 Å². The normalized spacial score (nSPS) is 11.8. The summed E-state index contributed by atoms with van der Waals surface area (Å²) in [4.78, 5) is 26.6. The molecule has 8 heteroatoms. The first kappa shape index (κ1) is 27.6. The van der Waals surface area contributed by atoms with Crippen molar-refractivity contribution in [3.05, 3.63) is 126 Å². The maximum atomic E-state index is 13.7. The second-order valence-electron chi connectivity index (χ2n) is 9.01. The Balaban J connectivity index is 1.60. The van der Waals surface area contributed by atoms with Gasteiger partial charge in [0.15, 0.2) is 0 Å². The average molecular weight is 542 g/mol. The number of carbonyl (C=O) groups is 2. The maximum Gasteiger partial charge on any atom is 0.264 e. The second-order valence-corrected chi connectivity index (χ2v) is 10.9. The second kappa shape index (κ2) is 12.4. The Bertz CT molecular complexity index is 1540. The highest BCUT2D eigenvalue weighted by molar-refractivity contribution is 7.92. The smallest absolute Gasteiger partial charge is 0.264 e. The van der Waals surface area contributed by atoms with Gasteiger partial charge in [0.1, 0.15) is 6.54 Å². The van der Waals surface area contributed by atoms with Crippen molar-refractivity contribution in [2.45, 2.75) is 31.2 Å². The molecule has 0 aliphatic rings. The Kier molecular flexibility index (Phi) is 8.78. The van der Waals surface area contributed by atoms with E-state index in [1.54, 1.807) is 54.6 Å². The number of nitrogens with one attached hydrogen (secondary N) is 2. The first-order chi connectivity index (χ1) is 18.8. The number of hydrogen-bond donors (Lipinski definition) is 2. The van der Waals surface area contributed by atoms with Gasteiger partial charge in [-0.2, -0.15) is 0 Å². The minimum atomic E-state index is -4.05. The van der Waals surface area contributed by atoms with Gasteiger partial charge in [-0.05, 0) is 54.8 Å². The number of carbonyl (C=O) groups excluding carboxylic acids is 2. The molecule has 0 aliphatic heterocycles. The molecule has 2 N–H and O–H groups in total. The third-order valence-electron chi connectivity index (χ3n) is 6.35. The molecule has 0 unspecified atom stereocenters. The molecule has 1 atom stereocenters. The SMILES string of the molecule is CCc1ccccc1N(CC(=O)Nc1ccccc1C(=O)N[C@@H](C)c1ccccc1)S(=O)(=O)c1ccccc1. The lowest BCUT2D eigenvalue weighted by Crippen LogP contribution is -2.39. The third kappa shape index (κ3) is 6.53. The Labute approximate surface area is 229 Å². The van der Waals surface area contributed by atoms with Gasteiger partial charge in [-0.25, -0.2) is 8.42 Å². The quantitative estimate of drug-likeness (QED) is 0.274. The molecular formula is C31H31N3O4S. The van der Waals surface area contributed by atoms with Crippen LogP contribution in [0.2, 0.25) is 0 Å². The highest BCUT2D eigenvalue weighted by atomic mass is 32.2. The minimum absolute atomic E-state index is 0.0818. The van der Waals surface area contributed by atoms with Gasteiger partial charge < -0.3 is 10.6 Å². The lowest BCUT2D eigenvalue weighted by atomic mass is 10.1. The van der Waals surface area contributed by atoms with Gasteiger partial charge in [0.2, 0.25) is 5.91 Å². The van der Waals surface area contributed by atoms with Crippen LogP contribution in [-0.2, 0) is 21.2 Å². The van der Waals surface area contributed by atoms with Crippen LogP contribution in [0.4, 0.5) is 11.4 Å². The average Bonchev–Trinajstić information content (AvgIpc) is 2.97. The van der Waals surface area contributed by atoms with Crippen molar-refractivity contribution in [1.29, 1.82) is 0 Å². The number of benzene rings is 4. The van der Waals surface area contributed by atoms with Crippen molar-refractivity contribution >= 4 is 33.2 Å². The summed E-state index contributed by atoms with van der Waals surface area (Å²) in [7, 11) is -4.05. The van der Waals surface area contributed by atoms with Crippen molar-refractivity contribution in [3.8, 4) is 0 Å². The van der Waals surface area contributed by atoms with Gasteiger partial charge in [0.25, 0.3) is 15.9 Å². The van der Waals surface area contributed by atoms with E-state index in [-0.39, 0.29) is 22.4 Å². The van der Waals surface area contributed by atoms with Crippen molar-refractivity contribution in [3.63, 3.8) is 0 Å². The molecule has 0 saturated heterocycles. The van der Waals surface area contributed by atoms with Crippen molar-refractivity contribution in [1.82, 2.24) is 5.32 Å². The molecule has 4 aromatic rings. The number of para-hydroxylation sites is 2. The van der Waals surface area contributed by atoms with Crippen LogP contribution in [0.25, 0.3) is 0 Å². The number of amides is 2. The van der Waals surface area contributed by atoms with Gasteiger partial charge >= 0.3 is 0 Å².